The van der Waals surface area contributed by atoms with Gasteiger partial charge in [0.2, 0.25) is 0 Å². The minimum absolute atomic E-state index is 0.302. The number of hydrogen-bond acceptors (Lipinski definition) is 2. The van der Waals surface area contributed by atoms with E-state index in [1.165, 1.54) is 6.07 Å². The maximum atomic E-state index is 14.0. The second-order valence-electron chi connectivity index (χ2n) is 6.13. The SMILES string of the molecule is Cc1ccc(Cc2cnc(-c3ccccc3F)c(C)c2)c(C(=O)O)c1. The number of hydrogen-bond donors (Lipinski definition) is 1. The van der Waals surface area contributed by atoms with Crippen molar-refractivity contribution in [2.24, 2.45) is 0 Å². The molecule has 2 aromatic carbocycles. The van der Waals surface area contributed by atoms with E-state index in [1.54, 1.807) is 30.5 Å². The van der Waals surface area contributed by atoms with Crippen LogP contribution in [0.4, 0.5) is 4.39 Å². The highest BCUT2D eigenvalue weighted by atomic mass is 19.1. The third-order valence-corrected chi connectivity index (χ3v) is 4.15. The average molecular weight is 335 g/mol. The number of nitrogens with zero attached hydrogens (tertiary/aromatic N) is 1. The van der Waals surface area contributed by atoms with E-state index in [4.69, 9.17) is 0 Å². The minimum Gasteiger partial charge on any atom is -0.478 e. The van der Waals surface area contributed by atoms with Gasteiger partial charge in [-0.05, 0) is 55.2 Å². The van der Waals surface area contributed by atoms with Crippen LogP contribution < -0.4 is 0 Å². The molecule has 3 aromatic rings. The molecule has 0 radical (unpaired) electrons. The Morgan fingerprint density at radius 2 is 1.88 bits per heavy atom. The van der Waals surface area contributed by atoms with Gasteiger partial charge in [-0.15, -0.1) is 0 Å². The van der Waals surface area contributed by atoms with Gasteiger partial charge in [0.15, 0.2) is 0 Å². The number of carboxylic acids is 1. The van der Waals surface area contributed by atoms with Crippen molar-refractivity contribution in [3.8, 4) is 11.3 Å². The Bertz CT molecular complexity index is 950. The Hall–Kier alpha value is -3.01. The molecule has 0 aliphatic rings. The highest BCUT2D eigenvalue weighted by Crippen LogP contribution is 2.25. The lowest BCUT2D eigenvalue weighted by atomic mass is 9.97. The summed E-state index contributed by atoms with van der Waals surface area (Å²) < 4.78 is 14.0. The highest BCUT2D eigenvalue weighted by molar-refractivity contribution is 5.89. The zero-order valence-electron chi connectivity index (χ0n) is 14.1. The average Bonchev–Trinajstić information content (AvgIpc) is 2.57. The summed E-state index contributed by atoms with van der Waals surface area (Å²) >= 11 is 0. The summed E-state index contributed by atoms with van der Waals surface area (Å²) in [5.74, 6) is -1.25. The second kappa shape index (κ2) is 6.85. The van der Waals surface area contributed by atoms with E-state index in [-0.39, 0.29) is 5.82 Å². The van der Waals surface area contributed by atoms with Crippen molar-refractivity contribution >= 4 is 5.97 Å². The molecule has 0 fully saturated rings. The van der Waals surface area contributed by atoms with Gasteiger partial charge in [-0.2, -0.15) is 0 Å². The molecule has 25 heavy (non-hydrogen) atoms. The first-order chi connectivity index (χ1) is 12.0. The summed E-state index contributed by atoms with van der Waals surface area (Å²) in [4.78, 5) is 15.9. The molecule has 0 amide bonds. The third-order valence-electron chi connectivity index (χ3n) is 4.15. The number of aromatic nitrogens is 1. The molecule has 3 nitrogen and oxygen atoms in total. The first-order valence-corrected chi connectivity index (χ1v) is 7.99. The summed E-state index contributed by atoms with van der Waals surface area (Å²) in [6.07, 6.45) is 2.15. The molecule has 0 unspecified atom stereocenters. The van der Waals surface area contributed by atoms with Crippen LogP contribution in [-0.4, -0.2) is 16.1 Å². The van der Waals surface area contributed by atoms with Gasteiger partial charge < -0.3 is 5.11 Å². The van der Waals surface area contributed by atoms with Gasteiger partial charge in [0, 0.05) is 11.8 Å². The number of aryl methyl sites for hydroxylation is 2. The molecule has 1 heterocycles. The predicted octanol–water partition coefficient (Wildman–Crippen LogP) is 4.79. The molecule has 0 saturated heterocycles. The molecule has 0 saturated carbocycles. The normalized spacial score (nSPS) is 10.7. The molecule has 4 heteroatoms. The number of pyridine rings is 1. The molecule has 126 valence electrons. The van der Waals surface area contributed by atoms with Crippen molar-refractivity contribution in [2.75, 3.05) is 0 Å². The van der Waals surface area contributed by atoms with Crippen LogP contribution in [0.3, 0.4) is 0 Å². The van der Waals surface area contributed by atoms with Crippen LogP contribution in [0, 0.1) is 19.7 Å². The maximum absolute atomic E-state index is 14.0. The van der Waals surface area contributed by atoms with Crippen LogP contribution in [0.15, 0.2) is 54.7 Å². The van der Waals surface area contributed by atoms with Gasteiger partial charge in [-0.25, -0.2) is 9.18 Å². The van der Waals surface area contributed by atoms with Crippen LogP contribution in [-0.2, 0) is 6.42 Å². The molecule has 0 aliphatic heterocycles. The van der Waals surface area contributed by atoms with E-state index in [9.17, 15) is 14.3 Å². The first kappa shape index (κ1) is 16.8. The van der Waals surface area contributed by atoms with E-state index in [2.05, 4.69) is 4.98 Å². The fourth-order valence-electron chi connectivity index (χ4n) is 2.93. The summed E-state index contributed by atoms with van der Waals surface area (Å²) in [6.45, 7) is 3.75. The van der Waals surface area contributed by atoms with Crippen molar-refractivity contribution < 1.29 is 14.3 Å². The molecule has 1 N–H and O–H groups in total. The number of benzene rings is 2. The van der Waals surface area contributed by atoms with Crippen LogP contribution in [0.25, 0.3) is 11.3 Å². The lowest BCUT2D eigenvalue weighted by Gasteiger charge is -2.11. The molecule has 1 aromatic heterocycles. The number of carbonyl (C=O) groups is 1. The van der Waals surface area contributed by atoms with Crippen LogP contribution in [0.1, 0.15) is 32.6 Å². The van der Waals surface area contributed by atoms with Gasteiger partial charge >= 0.3 is 5.97 Å². The van der Waals surface area contributed by atoms with Crippen molar-refractivity contribution in [3.05, 3.63) is 88.4 Å². The molecule has 3 rings (SSSR count). The maximum Gasteiger partial charge on any atom is 0.335 e. The zero-order valence-corrected chi connectivity index (χ0v) is 14.1. The summed E-state index contributed by atoms with van der Waals surface area (Å²) in [5.41, 5.74) is 4.76. The Morgan fingerprint density at radius 1 is 1.12 bits per heavy atom. The van der Waals surface area contributed by atoms with E-state index < -0.39 is 5.97 Å². The van der Waals surface area contributed by atoms with Gasteiger partial charge in [-0.1, -0.05) is 35.9 Å². The number of carboxylic acid groups (broad SMARTS) is 1. The summed E-state index contributed by atoms with van der Waals surface area (Å²) in [6, 6.07) is 13.9. The largest absolute Gasteiger partial charge is 0.478 e. The van der Waals surface area contributed by atoms with E-state index in [0.29, 0.717) is 23.2 Å². The fourth-order valence-corrected chi connectivity index (χ4v) is 2.93. The van der Waals surface area contributed by atoms with Gasteiger partial charge in [0.25, 0.3) is 0 Å². The molecule has 0 aliphatic carbocycles. The quantitative estimate of drug-likeness (QED) is 0.745. The monoisotopic (exact) mass is 335 g/mol. The molecular formula is C21H18FNO2. The zero-order chi connectivity index (χ0) is 18.0. The van der Waals surface area contributed by atoms with Crippen LogP contribution in [0.5, 0.6) is 0 Å². The van der Waals surface area contributed by atoms with Gasteiger partial charge in [0.1, 0.15) is 5.82 Å². The standard InChI is InChI=1S/C21H18FNO2/c1-13-7-8-16(18(9-13)21(24)25)11-15-10-14(2)20(23-12-15)17-5-3-4-6-19(17)22/h3-10,12H,11H2,1-2H3,(H,24,25). The van der Waals surface area contributed by atoms with Crippen LogP contribution in [0.2, 0.25) is 0 Å². The van der Waals surface area contributed by atoms with Crippen molar-refractivity contribution in [1.29, 1.82) is 0 Å². The van der Waals surface area contributed by atoms with Gasteiger partial charge in [-0.3, -0.25) is 4.98 Å². The topological polar surface area (TPSA) is 50.2 Å². The fraction of sp³-hybridized carbons (Fsp3) is 0.143. The van der Waals surface area contributed by atoms with Crippen molar-refractivity contribution in [2.45, 2.75) is 20.3 Å². The van der Waals surface area contributed by atoms with Crippen LogP contribution >= 0.6 is 0 Å². The third kappa shape index (κ3) is 3.58. The lowest BCUT2D eigenvalue weighted by Crippen LogP contribution is -2.04. The molecule has 0 bridgehead atoms. The second-order valence-corrected chi connectivity index (χ2v) is 6.13. The van der Waals surface area contributed by atoms with E-state index >= 15 is 0 Å². The van der Waals surface area contributed by atoms with Crippen molar-refractivity contribution in [1.82, 2.24) is 4.98 Å². The van der Waals surface area contributed by atoms with Crippen molar-refractivity contribution in [3.63, 3.8) is 0 Å². The Morgan fingerprint density at radius 3 is 2.56 bits per heavy atom. The predicted molar refractivity (Wildman–Crippen MR) is 95.3 cm³/mol. The Balaban J connectivity index is 1.95. The molecule has 0 atom stereocenters. The molecule has 0 spiro atoms. The first-order valence-electron chi connectivity index (χ1n) is 7.99. The van der Waals surface area contributed by atoms with E-state index in [0.717, 1.165) is 22.3 Å². The van der Waals surface area contributed by atoms with E-state index in [1.807, 2.05) is 32.0 Å². The minimum atomic E-state index is -0.939. The number of halogens is 1. The number of rotatable bonds is 4. The Labute approximate surface area is 145 Å². The van der Waals surface area contributed by atoms with Gasteiger partial charge in [0.05, 0.1) is 11.3 Å². The Kier molecular flexibility index (Phi) is 4.61. The summed E-state index contributed by atoms with van der Waals surface area (Å²) in [5, 5.41) is 9.39. The highest BCUT2D eigenvalue weighted by Gasteiger charge is 2.13. The number of aromatic carboxylic acids is 1. The molecular weight excluding hydrogens is 317 g/mol. The smallest absolute Gasteiger partial charge is 0.335 e. The lowest BCUT2D eigenvalue weighted by molar-refractivity contribution is 0.0695. The summed E-state index contributed by atoms with van der Waals surface area (Å²) in [7, 11) is 0.